The van der Waals surface area contributed by atoms with Crippen LogP contribution in [0.3, 0.4) is 0 Å². The Hall–Kier alpha value is -1.80. The number of carbonyl (C=O) groups excluding carboxylic acids is 1. The molecule has 0 aliphatic rings. The molecule has 0 unspecified atom stereocenters. The van der Waals surface area contributed by atoms with Crippen LogP contribution in [0.15, 0.2) is 21.7 Å². The predicted molar refractivity (Wildman–Crippen MR) is 63.4 cm³/mol. The number of hydroxylamine groups is 1. The third kappa shape index (κ3) is 3.61. The summed E-state index contributed by atoms with van der Waals surface area (Å²) in [4.78, 5) is 10.6. The molecule has 92 valence electrons. The van der Waals surface area contributed by atoms with Crippen LogP contribution in [-0.2, 0) is 0 Å². The highest BCUT2D eigenvalue weighted by Crippen LogP contribution is 2.32. The highest BCUT2D eigenvalue weighted by molar-refractivity contribution is 9.10. The summed E-state index contributed by atoms with van der Waals surface area (Å²) in [6, 6.07) is 2.28. The lowest BCUT2D eigenvalue weighted by Gasteiger charge is -2.06. The third-order valence-corrected chi connectivity index (χ3v) is 2.22. The van der Waals surface area contributed by atoms with Crippen LogP contribution >= 0.6 is 15.9 Å². The van der Waals surface area contributed by atoms with Crippen molar-refractivity contribution in [2.45, 2.75) is 0 Å². The van der Waals surface area contributed by atoms with Crippen LogP contribution in [0, 0.1) is 0 Å². The van der Waals surface area contributed by atoms with Gasteiger partial charge in [0, 0.05) is 10.0 Å². The number of aromatic hydroxyl groups is 1. The van der Waals surface area contributed by atoms with E-state index in [0.717, 1.165) is 0 Å². The van der Waals surface area contributed by atoms with Gasteiger partial charge in [-0.15, -0.1) is 0 Å². The zero-order chi connectivity index (χ0) is 12.8. The molecule has 0 saturated carbocycles. The smallest absolute Gasteiger partial charge is 0.358 e. The Balaban J connectivity index is 2.90. The van der Waals surface area contributed by atoms with Crippen LogP contribution in [0.2, 0.25) is 0 Å². The van der Waals surface area contributed by atoms with E-state index in [1.807, 2.05) is 5.43 Å². The number of halogens is 1. The van der Waals surface area contributed by atoms with Gasteiger partial charge in [0.1, 0.15) is 0 Å². The molecule has 0 atom stereocenters. The molecule has 17 heavy (non-hydrogen) atoms. The first kappa shape index (κ1) is 13.3. The van der Waals surface area contributed by atoms with E-state index in [1.54, 1.807) is 12.1 Å². The molecule has 0 spiro atoms. The second-order valence-corrected chi connectivity index (χ2v) is 3.77. The minimum Gasteiger partial charge on any atom is -0.504 e. The molecule has 0 radical (unpaired) electrons. The number of carbonyl (C=O) groups is 1. The highest BCUT2D eigenvalue weighted by Gasteiger charge is 2.08. The van der Waals surface area contributed by atoms with Crippen LogP contribution in [0.4, 0.5) is 4.79 Å². The number of ether oxygens (including phenoxy) is 1. The fourth-order valence-corrected chi connectivity index (χ4v) is 1.49. The van der Waals surface area contributed by atoms with Gasteiger partial charge < -0.3 is 9.84 Å². The highest BCUT2D eigenvalue weighted by atomic mass is 79.9. The van der Waals surface area contributed by atoms with Gasteiger partial charge in [-0.3, -0.25) is 5.21 Å². The van der Waals surface area contributed by atoms with Crippen LogP contribution in [-0.4, -0.2) is 29.7 Å². The lowest BCUT2D eigenvalue weighted by molar-refractivity contribution is 0.162. The number of amides is 2. The number of nitrogens with one attached hydrogen (secondary N) is 2. The van der Waals surface area contributed by atoms with Gasteiger partial charge in [0.05, 0.1) is 13.3 Å². The molecular formula is C9H10BrN3O4. The van der Waals surface area contributed by atoms with E-state index in [9.17, 15) is 9.90 Å². The molecular weight excluding hydrogens is 294 g/mol. The number of methoxy groups -OCH3 is 1. The monoisotopic (exact) mass is 303 g/mol. The molecule has 0 saturated heterocycles. The summed E-state index contributed by atoms with van der Waals surface area (Å²) in [5, 5.41) is 21.4. The molecule has 8 heteroatoms. The van der Waals surface area contributed by atoms with Gasteiger partial charge in [-0.05, 0) is 12.1 Å². The van der Waals surface area contributed by atoms with Gasteiger partial charge in [-0.1, -0.05) is 15.9 Å². The van der Waals surface area contributed by atoms with Crippen molar-refractivity contribution in [1.29, 1.82) is 0 Å². The van der Waals surface area contributed by atoms with E-state index in [4.69, 9.17) is 9.94 Å². The molecule has 1 aromatic carbocycles. The number of phenolic OH excluding ortho intramolecular Hbond substituents is 1. The maximum atomic E-state index is 10.6. The SMILES string of the molecule is COc1cc(Br)cc(/C=N/NC(=O)NO)c1O. The quantitative estimate of drug-likeness (QED) is 0.382. The van der Waals surface area contributed by atoms with Crippen LogP contribution < -0.4 is 15.6 Å². The Morgan fingerprint density at radius 3 is 2.88 bits per heavy atom. The molecule has 4 N–H and O–H groups in total. The second kappa shape index (κ2) is 6.06. The number of hydrogen-bond donors (Lipinski definition) is 4. The summed E-state index contributed by atoms with van der Waals surface area (Å²) in [7, 11) is 1.42. The lowest BCUT2D eigenvalue weighted by atomic mass is 10.2. The van der Waals surface area contributed by atoms with E-state index >= 15 is 0 Å². The van der Waals surface area contributed by atoms with Crippen molar-refractivity contribution < 1.29 is 19.8 Å². The maximum absolute atomic E-state index is 10.6. The van der Waals surface area contributed by atoms with Crippen LogP contribution in [0.25, 0.3) is 0 Å². The number of rotatable bonds is 3. The molecule has 0 aliphatic heterocycles. The first-order valence-corrected chi connectivity index (χ1v) is 5.17. The molecule has 0 aromatic heterocycles. The Morgan fingerprint density at radius 2 is 2.29 bits per heavy atom. The molecule has 7 nitrogen and oxygen atoms in total. The molecule has 2 amide bonds. The van der Waals surface area contributed by atoms with E-state index in [1.165, 1.54) is 18.8 Å². The minimum absolute atomic E-state index is 0.106. The first-order valence-electron chi connectivity index (χ1n) is 4.38. The van der Waals surface area contributed by atoms with Gasteiger partial charge in [0.25, 0.3) is 0 Å². The Kier molecular flexibility index (Phi) is 4.73. The van der Waals surface area contributed by atoms with E-state index in [2.05, 4.69) is 21.0 Å². The normalized spacial score (nSPS) is 10.3. The molecule has 0 bridgehead atoms. The molecule has 0 aliphatic carbocycles. The minimum atomic E-state index is -0.886. The van der Waals surface area contributed by atoms with Crippen LogP contribution in [0.5, 0.6) is 11.5 Å². The first-order chi connectivity index (χ1) is 8.08. The van der Waals surface area contributed by atoms with Crippen molar-refractivity contribution >= 4 is 28.2 Å². The van der Waals surface area contributed by atoms with Gasteiger partial charge in [-0.25, -0.2) is 15.7 Å². The standard InChI is InChI=1S/C9H10BrN3O4/c1-17-7-3-6(10)2-5(8(7)14)4-11-12-9(15)13-16/h2-4,14,16H,1H3,(H2,12,13,15)/b11-4+. The van der Waals surface area contributed by atoms with E-state index in [0.29, 0.717) is 10.0 Å². The summed E-state index contributed by atoms with van der Waals surface area (Å²) < 4.78 is 5.61. The number of benzene rings is 1. The van der Waals surface area contributed by atoms with Crippen molar-refractivity contribution in [3.8, 4) is 11.5 Å². The molecule has 1 aromatic rings. The van der Waals surface area contributed by atoms with Gasteiger partial charge in [0.2, 0.25) is 0 Å². The zero-order valence-corrected chi connectivity index (χ0v) is 10.4. The van der Waals surface area contributed by atoms with Crippen molar-refractivity contribution in [3.05, 3.63) is 22.2 Å². The average molecular weight is 304 g/mol. The van der Waals surface area contributed by atoms with Crippen molar-refractivity contribution in [2.24, 2.45) is 5.10 Å². The zero-order valence-electron chi connectivity index (χ0n) is 8.77. The summed E-state index contributed by atoms with van der Waals surface area (Å²) in [5.74, 6) is 0.165. The second-order valence-electron chi connectivity index (χ2n) is 2.86. The summed E-state index contributed by atoms with van der Waals surface area (Å²) in [5.41, 5.74) is 3.65. The summed E-state index contributed by atoms with van der Waals surface area (Å²) in [6.45, 7) is 0. The average Bonchev–Trinajstić information content (AvgIpc) is 2.32. The molecule has 1 rings (SSSR count). The van der Waals surface area contributed by atoms with Crippen LogP contribution in [0.1, 0.15) is 5.56 Å². The number of urea groups is 1. The van der Waals surface area contributed by atoms with Gasteiger partial charge in [0.15, 0.2) is 11.5 Å². The summed E-state index contributed by atoms with van der Waals surface area (Å²) >= 11 is 3.23. The summed E-state index contributed by atoms with van der Waals surface area (Å²) in [6.07, 6.45) is 1.21. The Morgan fingerprint density at radius 1 is 1.59 bits per heavy atom. The van der Waals surface area contributed by atoms with E-state index < -0.39 is 6.03 Å². The maximum Gasteiger partial charge on any atom is 0.358 e. The van der Waals surface area contributed by atoms with Crippen molar-refractivity contribution in [1.82, 2.24) is 10.9 Å². The number of hydrazone groups is 1. The number of phenols is 1. The Bertz CT molecular complexity index is 450. The van der Waals surface area contributed by atoms with Gasteiger partial charge >= 0.3 is 6.03 Å². The predicted octanol–water partition coefficient (Wildman–Crippen LogP) is 1.19. The van der Waals surface area contributed by atoms with Crippen molar-refractivity contribution in [3.63, 3.8) is 0 Å². The molecule has 0 heterocycles. The largest absolute Gasteiger partial charge is 0.504 e. The van der Waals surface area contributed by atoms with Gasteiger partial charge in [-0.2, -0.15) is 5.10 Å². The number of hydrogen-bond acceptors (Lipinski definition) is 5. The topological polar surface area (TPSA) is 103 Å². The fraction of sp³-hybridized carbons (Fsp3) is 0.111. The lowest BCUT2D eigenvalue weighted by Crippen LogP contribution is -2.29. The third-order valence-electron chi connectivity index (χ3n) is 1.76. The number of nitrogens with zero attached hydrogens (tertiary/aromatic N) is 1. The van der Waals surface area contributed by atoms with E-state index in [-0.39, 0.29) is 11.5 Å². The fourth-order valence-electron chi connectivity index (χ4n) is 1.03. The molecule has 0 fully saturated rings. The Labute approximate surface area is 105 Å². The van der Waals surface area contributed by atoms with Crippen molar-refractivity contribution in [2.75, 3.05) is 7.11 Å².